The first-order valence-corrected chi connectivity index (χ1v) is 10.4. The molecule has 0 aliphatic carbocycles. The second-order valence-electron chi connectivity index (χ2n) is 7.49. The van der Waals surface area contributed by atoms with Gasteiger partial charge < -0.3 is 10.1 Å². The Morgan fingerprint density at radius 3 is 2.55 bits per heavy atom. The van der Waals surface area contributed by atoms with Crippen LogP contribution in [0, 0.1) is 0 Å². The molecule has 0 radical (unpaired) electrons. The van der Waals surface area contributed by atoms with Crippen LogP contribution in [-0.4, -0.2) is 33.9 Å². The van der Waals surface area contributed by atoms with Crippen LogP contribution in [0.25, 0.3) is 11.0 Å². The Labute approximate surface area is 179 Å². The van der Waals surface area contributed by atoms with Crippen molar-refractivity contribution in [3.8, 4) is 0 Å². The molecule has 3 aromatic rings. The SMILES string of the molecule is CC(C)c1ccc(NC(=O)c2cnc3c(c(Cl)nn3C3CCOCC3)c2Cl)cc1. The third-order valence-electron chi connectivity index (χ3n) is 5.23. The normalized spacial score (nSPS) is 15.2. The van der Waals surface area contributed by atoms with Crippen LogP contribution in [0.3, 0.4) is 0 Å². The maximum Gasteiger partial charge on any atom is 0.258 e. The largest absolute Gasteiger partial charge is 0.381 e. The second-order valence-corrected chi connectivity index (χ2v) is 8.23. The highest BCUT2D eigenvalue weighted by molar-refractivity contribution is 6.43. The van der Waals surface area contributed by atoms with E-state index in [0.29, 0.717) is 35.9 Å². The van der Waals surface area contributed by atoms with Crippen molar-refractivity contribution in [2.75, 3.05) is 18.5 Å². The average Bonchev–Trinajstić information content (AvgIpc) is 3.06. The molecule has 0 bridgehead atoms. The third kappa shape index (κ3) is 3.97. The lowest BCUT2D eigenvalue weighted by atomic mass is 10.0. The summed E-state index contributed by atoms with van der Waals surface area (Å²) in [7, 11) is 0. The van der Waals surface area contributed by atoms with Crippen LogP contribution in [0.15, 0.2) is 30.5 Å². The van der Waals surface area contributed by atoms with Crippen LogP contribution < -0.4 is 5.32 Å². The number of ether oxygens (including phenoxy) is 1. The van der Waals surface area contributed by atoms with Crippen molar-refractivity contribution in [3.05, 3.63) is 51.8 Å². The first-order chi connectivity index (χ1) is 14.0. The van der Waals surface area contributed by atoms with Gasteiger partial charge in [0.1, 0.15) is 0 Å². The maximum atomic E-state index is 12.8. The molecule has 3 heterocycles. The van der Waals surface area contributed by atoms with Gasteiger partial charge >= 0.3 is 0 Å². The van der Waals surface area contributed by atoms with Crippen molar-refractivity contribution < 1.29 is 9.53 Å². The summed E-state index contributed by atoms with van der Waals surface area (Å²) in [5.41, 5.74) is 2.75. The number of halogens is 2. The van der Waals surface area contributed by atoms with Crippen molar-refractivity contribution >= 4 is 45.8 Å². The number of nitrogens with zero attached hydrogens (tertiary/aromatic N) is 3. The van der Waals surface area contributed by atoms with Crippen LogP contribution in [0.2, 0.25) is 10.2 Å². The number of carbonyl (C=O) groups excluding carboxylic acids is 1. The zero-order valence-corrected chi connectivity index (χ0v) is 17.8. The Balaban J connectivity index is 1.63. The van der Waals surface area contributed by atoms with E-state index in [4.69, 9.17) is 27.9 Å². The molecule has 0 atom stereocenters. The number of amides is 1. The summed E-state index contributed by atoms with van der Waals surface area (Å²) in [4.78, 5) is 17.3. The molecule has 152 valence electrons. The molecule has 0 spiro atoms. The van der Waals surface area contributed by atoms with Gasteiger partial charge in [0.2, 0.25) is 0 Å². The van der Waals surface area contributed by atoms with Gasteiger partial charge in [-0.2, -0.15) is 5.10 Å². The minimum absolute atomic E-state index is 0.154. The Kier molecular flexibility index (Phi) is 5.76. The summed E-state index contributed by atoms with van der Waals surface area (Å²) < 4.78 is 7.22. The minimum Gasteiger partial charge on any atom is -0.381 e. The summed E-state index contributed by atoms with van der Waals surface area (Å²) in [6.45, 7) is 5.60. The van der Waals surface area contributed by atoms with Gasteiger partial charge in [-0.15, -0.1) is 0 Å². The topological polar surface area (TPSA) is 69.0 Å². The van der Waals surface area contributed by atoms with E-state index >= 15 is 0 Å². The highest BCUT2D eigenvalue weighted by Gasteiger charge is 2.25. The van der Waals surface area contributed by atoms with Gasteiger partial charge in [-0.25, -0.2) is 9.67 Å². The van der Waals surface area contributed by atoms with Gasteiger partial charge in [0.15, 0.2) is 10.8 Å². The summed E-state index contributed by atoms with van der Waals surface area (Å²) in [5.74, 6) is 0.0896. The molecular formula is C21H22Cl2N4O2. The fourth-order valence-corrected chi connectivity index (χ4v) is 4.14. The molecule has 1 aliphatic rings. The highest BCUT2D eigenvalue weighted by Crippen LogP contribution is 2.35. The van der Waals surface area contributed by atoms with Gasteiger partial charge in [-0.1, -0.05) is 49.2 Å². The van der Waals surface area contributed by atoms with Crippen LogP contribution in [0.1, 0.15) is 54.6 Å². The number of fused-ring (bicyclic) bond motifs is 1. The molecular weight excluding hydrogens is 411 g/mol. The van der Waals surface area contributed by atoms with Gasteiger partial charge in [0.05, 0.1) is 22.0 Å². The van der Waals surface area contributed by atoms with Crippen molar-refractivity contribution in [1.29, 1.82) is 0 Å². The number of aromatic nitrogens is 3. The molecule has 1 aromatic carbocycles. The molecule has 1 N–H and O–H groups in total. The third-order valence-corrected chi connectivity index (χ3v) is 5.89. The van der Waals surface area contributed by atoms with Gasteiger partial charge in [0, 0.05) is 25.1 Å². The fraction of sp³-hybridized carbons (Fsp3) is 0.381. The molecule has 2 aromatic heterocycles. The lowest BCUT2D eigenvalue weighted by Crippen LogP contribution is -2.20. The number of benzene rings is 1. The predicted octanol–water partition coefficient (Wildman–Crippen LogP) is 5.47. The maximum absolute atomic E-state index is 12.8. The molecule has 1 saturated heterocycles. The number of carbonyl (C=O) groups is 1. The molecule has 4 rings (SSSR count). The molecule has 8 heteroatoms. The van der Waals surface area contributed by atoms with Crippen LogP contribution in [-0.2, 0) is 4.74 Å². The summed E-state index contributed by atoms with van der Waals surface area (Å²) in [6, 6.07) is 7.91. The van der Waals surface area contributed by atoms with E-state index < -0.39 is 0 Å². The van der Waals surface area contributed by atoms with Crippen LogP contribution in [0.5, 0.6) is 0 Å². The monoisotopic (exact) mass is 432 g/mol. The van der Waals surface area contributed by atoms with E-state index in [2.05, 4.69) is 29.2 Å². The number of hydrogen-bond donors (Lipinski definition) is 1. The highest BCUT2D eigenvalue weighted by atomic mass is 35.5. The van der Waals surface area contributed by atoms with Crippen molar-refractivity contribution in [2.24, 2.45) is 0 Å². The van der Waals surface area contributed by atoms with Gasteiger partial charge in [0.25, 0.3) is 5.91 Å². The molecule has 29 heavy (non-hydrogen) atoms. The minimum atomic E-state index is -0.337. The zero-order valence-electron chi connectivity index (χ0n) is 16.3. The van der Waals surface area contributed by atoms with Gasteiger partial charge in [-0.3, -0.25) is 4.79 Å². The zero-order chi connectivity index (χ0) is 20.5. The average molecular weight is 433 g/mol. The number of rotatable bonds is 4. The number of anilines is 1. The smallest absolute Gasteiger partial charge is 0.258 e. The Hall–Kier alpha value is -2.15. The summed E-state index contributed by atoms with van der Waals surface area (Å²) in [6.07, 6.45) is 3.15. The Morgan fingerprint density at radius 2 is 1.90 bits per heavy atom. The Morgan fingerprint density at radius 1 is 1.21 bits per heavy atom. The standard InChI is InChI=1S/C21H22Cl2N4O2/c1-12(2)13-3-5-14(6-4-13)25-21(28)16-11-24-20-17(18(16)22)19(23)26-27(20)15-7-9-29-10-8-15/h3-6,11-12,15H,7-10H2,1-2H3,(H,25,28). The van der Waals surface area contributed by atoms with Crippen LogP contribution >= 0.6 is 23.2 Å². The van der Waals surface area contributed by atoms with Gasteiger partial charge in [-0.05, 0) is 36.5 Å². The molecule has 6 nitrogen and oxygen atoms in total. The molecule has 1 amide bonds. The quantitative estimate of drug-likeness (QED) is 0.593. The molecule has 1 fully saturated rings. The number of nitrogens with one attached hydrogen (secondary N) is 1. The summed E-state index contributed by atoms with van der Waals surface area (Å²) >= 11 is 12.9. The first kappa shape index (κ1) is 20.1. The van der Waals surface area contributed by atoms with E-state index in [1.165, 1.54) is 11.8 Å². The fourth-order valence-electron chi connectivity index (χ4n) is 3.52. The van der Waals surface area contributed by atoms with E-state index in [1.54, 1.807) is 4.68 Å². The number of hydrogen-bond acceptors (Lipinski definition) is 4. The van der Waals surface area contributed by atoms with E-state index in [0.717, 1.165) is 12.8 Å². The lowest BCUT2D eigenvalue weighted by molar-refractivity contribution is 0.0673. The first-order valence-electron chi connectivity index (χ1n) is 9.67. The molecule has 0 unspecified atom stereocenters. The van der Waals surface area contributed by atoms with Crippen LogP contribution in [0.4, 0.5) is 5.69 Å². The lowest BCUT2D eigenvalue weighted by Gasteiger charge is -2.22. The second kappa shape index (κ2) is 8.30. The summed E-state index contributed by atoms with van der Waals surface area (Å²) in [5, 5.41) is 8.31. The Bertz CT molecular complexity index is 1040. The van der Waals surface area contributed by atoms with Crippen molar-refractivity contribution in [1.82, 2.24) is 14.8 Å². The predicted molar refractivity (Wildman–Crippen MR) is 115 cm³/mol. The van der Waals surface area contributed by atoms with Crippen molar-refractivity contribution in [2.45, 2.75) is 38.6 Å². The van der Waals surface area contributed by atoms with E-state index in [1.807, 2.05) is 24.3 Å². The number of pyridine rings is 1. The molecule has 1 aliphatic heterocycles. The van der Waals surface area contributed by atoms with E-state index in [9.17, 15) is 4.79 Å². The molecule has 0 saturated carbocycles. The van der Waals surface area contributed by atoms with Crippen molar-refractivity contribution in [3.63, 3.8) is 0 Å². The van der Waals surface area contributed by atoms with E-state index in [-0.39, 0.29) is 27.7 Å².